The second-order valence-corrected chi connectivity index (χ2v) is 17.4. The number of allylic oxidation sites excluding steroid dienone is 1. The predicted molar refractivity (Wildman–Crippen MR) is 238 cm³/mol. The number of aromatic amines is 2. The Hall–Kier alpha value is -6.51. The highest BCUT2D eigenvalue weighted by Crippen LogP contribution is 2.64. The van der Waals surface area contributed by atoms with Crippen LogP contribution in [0.25, 0.3) is 6.08 Å². The molecule has 2 aliphatic carbocycles. The number of hydrogen-bond acceptors (Lipinski definition) is 14. The molecule has 18 nitrogen and oxygen atoms in total. The molecule has 1 amide bonds. The Labute approximate surface area is 378 Å². The van der Waals surface area contributed by atoms with Crippen molar-refractivity contribution in [3.05, 3.63) is 137 Å². The molecule has 0 radical (unpaired) electrons. The number of imidazole rings is 1. The summed E-state index contributed by atoms with van der Waals surface area (Å²) in [5, 5.41) is 90.2. The summed E-state index contributed by atoms with van der Waals surface area (Å²) in [6.07, 6.45) is 4.44. The molecule has 0 spiro atoms. The molecule has 3 aromatic carbocycles. The number of carbonyl (C=O) groups is 2. The van der Waals surface area contributed by atoms with Crippen LogP contribution in [0, 0.1) is 5.92 Å². The summed E-state index contributed by atoms with van der Waals surface area (Å²) in [5.41, 5.74) is 7.87. The highest BCUT2D eigenvalue weighted by atomic mass is 16.8. The summed E-state index contributed by atoms with van der Waals surface area (Å²) in [7, 11) is 0. The van der Waals surface area contributed by atoms with Crippen LogP contribution in [0.15, 0.2) is 104 Å². The van der Waals surface area contributed by atoms with Crippen molar-refractivity contribution in [2.75, 3.05) is 23.4 Å². The smallest absolute Gasteiger partial charge is 0.355 e. The molecule has 2 aliphatic heterocycles. The lowest BCUT2D eigenvalue weighted by molar-refractivity contribution is -0.422. The maximum Gasteiger partial charge on any atom is 0.355 e. The minimum Gasteiger partial charge on any atom is -0.508 e. The lowest BCUT2D eigenvalue weighted by Crippen LogP contribution is -2.67. The monoisotopic (exact) mass is 904 g/mol. The zero-order valence-corrected chi connectivity index (χ0v) is 35.6. The average Bonchev–Trinajstić information content (AvgIpc) is 4.16. The number of nitrogens with two attached hydrogens (primary N) is 1. The second-order valence-electron chi connectivity index (χ2n) is 17.4. The summed E-state index contributed by atoms with van der Waals surface area (Å²) < 4.78 is 11.0. The number of rotatable bonds is 14. The van der Waals surface area contributed by atoms with E-state index in [0.29, 0.717) is 36.9 Å². The van der Waals surface area contributed by atoms with E-state index < -0.39 is 89.2 Å². The number of nitrogens with zero attached hydrogens (tertiary/aromatic N) is 2. The summed E-state index contributed by atoms with van der Waals surface area (Å²) >= 11 is 0. The highest BCUT2D eigenvalue weighted by molar-refractivity contribution is 6.13. The van der Waals surface area contributed by atoms with Crippen LogP contribution < -0.4 is 20.7 Å². The number of phenolic OH excluding ortho intramolecular Hbond substituents is 2. The molecule has 1 saturated carbocycles. The number of hydrogen-bond donors (Lipinski definition) is 12. The number of anilines is 2. The number of aliphatic hydroxyl groups excluding tert-OH is 4. The maximum atomic E-state index is 14.9. The van der Waals surface area contributed by atoms with Gasteiger partial charge in [0.25, 0.3) is 5.91 Å². The van der Waals surface area contributed by atoms with E-state index in [4.69, 9.17) is 15.2 Å². The van der Waals surface area contributed by atoms with Crippen molar-refractivity contribution in [3.63, 3.8) is 0 Å². The number of nitrogens with one attached hydrogen (secondary N) is 3. The third kappa shape index (κ3) is 7.40. The zero-order valence-electron chi connectivity index (χ0n) is 35.6. The molecular weight excluding hydrogens is 853 g/mol. The van der Waals surface area contributed by atoms with Crippen molar-refractivity contribution in [1.82, 2.24) is 15.0 Å². The molecular formula is C48H52N6O12. The Morgan fingerprint density at radius 2 is 1.82 bits per heavy atom. The van der Waals surface area contributed by atoms with Gasteiger partial charge in [0.05, 0.1) is 24.3 Å². The van der Waals surface area contributed by atoms with Crippen LogP contribution in [0.5, 0.6) is 17.2 Å². The number of fused-ring (bicyclic) bond motifs is 3. The highest BCUT2D eigenvalue weighted by Gasteiger charge is 2.67. The number of aromatic hydroxyl groups is 2. The largest absolute Gasteiger partial charge is 0.508 e. The van der Waals surface area contributed by atoms with Crippen molar-refractivity contribution in [3.8, 4) is 17.2 Å². The van der Waals surface area contributed by atoms with Crippen LogP contribution in [0.1, 0.15) is 58.8 Å². The molecule has 5 aromatic rings. The van der Waals surface area contributed by atoms with Crippen LogP contribution in [0.2, 0.25) is 0 Å². The number of carboxylic acids is 1. The minimum atomic E-state index is -3.14. The molecule has 346 valence electrons. The van der Waals surface area contributed by atoms with E-state index in [0.717, 1.165) is 40.2 Å². The maximum absolute atomic E-state index is 14.9. The Bertz CT molecular complexity index is 2650. The fourth-order valence-electron chi connectivity index (χ4n) is 10.6. The molecule has 10 atom stereocenters. The molecule has 2 aromatic heterocycles. The molecule has 18 heteroatoms. The van der Waals surface area contributed by atoms with Crippen LogP contribution in [0.4, 0.5) is 11.5 Å². The lowest BCUT2D eigenvalue weighted by Gasteiger charge is -2.44. The van der Waals surface area contributed by atoms with Gasteiger partial charge in [-0.25, -0.2) is 9.78 Å². The van der Waals surface area contributed by atoms with Gasteiger partial charge in [-0.15, -0.1) is 0 Å². The third-order valence-electron chi connectivity index (χ3n) is 13.8. The lowest BCUT2D eigenvalue weighted by atomic mass is 9.61. The number of amides is 1. The first-order chi connectivity index (χ1) is 31.7. The van der Waals surface area contributed by atoms with Gasteiger partial charge in [-0.05, 0) is 71.9 Å². The van der Waals surface area contributed by atoms with Gasteiger partial charge in [-0.3, -0.25) is 9.69 Å². The Morgan fingerprint density at radius 3 is 2.53 bits per heavy atom. The van der Waals surface area contributed by atoms with Gasteiger partial charge >= 0.3 is 11.9 Å². The predicted octanol–water partition coefficient (Wildman–Crippen LogP) is 2.50. The second kappa shape index (κ2) is 17.4. The summed E-state index contributed by atoms with van der Waals surface area (Å²) in [5.74, 6) is -7.31. The van der Waals surface area contributed by atoms with Gasteiger partial charge in [0, 0.05) is 66.4 Å². The van der Waals surface area contributed by atoms with E-state index in [1.807, 2.05) is 48.7 Å². The van der Waals surface area contributed by atoms with Crippen LogP contribution >= 0.6 is 0 Å². The van der Waals surface area contributed by atoms with Crippen molar-refractivity contribution in [1.29, 1.82) is 0 Å². The number of carbonyl (C=O) groups excluding carboxylic acids is 1. The van der Waals surface area contributed by atoms with Gasteiger partial charge < -0.3 is 71.3 Å². The van der Waals surface area contributed by atoms with E-state index >= 15 is 0 Å². The molecule has 0 unspecified atom stereocenters. The van der Waals surface area contributed by atoms with Crippen LogP contribution in [-0.2, 0) is 32.6 Å². The summed E-state index contributed by atoms with van der Waals surface area (Å²) in [6, 6.07) is 20.1. The number of aliphatic carboxylic acids is 1. The molecule has 0 bridgehead atoms. The number of H-pyrrole nitrogens is 2. The van der Waals surface area contributed by atoms with Crippen molar-refractivity contribution in [2.24, 2.45) is 11.7 Å². The molecule has 13 N–H and O–H groups in total. The van der Waals surface area contributed by atoms with Gasteiger partial charge in [-0.1, -0.05) is 55.0 Å². The number of benzene rings is 3. The quantitative estimate of drug-likeness (QED) is 0.0433. The zero-order chi connectivity index (χ0) is 46.5. The minimum absolute atomic E-state index is 0.0117. The summed E-state index contributed by atoms with van der Waals surface area (Å²) in [6.45, 7) is -0.298. The fourth-order valence-corrected chi connectivity index (χ4v) is 10.6. The van der Waals surface area contributed by atoms with Gasteiger partial charge in [0.15, 0.2) is 23.1 Å². The first-order valence-electron chi connectivity index (χ1n) is 21.8. The van der Waals surface area contributed by atoms with Crippen LogP contribution in [0.3, 0.4) is 0 Å². The fraction of sp³-hybridized carbons (Fsp3) is 0.354. The van der Waals surface area contributed by atoms with E-state index in [1.165, 1.54) is 30.4 Å². The molecule has 2 fully saturated rings. The number of ether oxygens (including phenoxy) is 2. The van der Waals surface area contributed by atoms with Crippen molar-refractivity contribution in [2.45, 2.75) is 85.4 Å². The van der Waals surface area contributed by atoms with Gasteiger partial charge in [0.1, 0.15) is 29.9 Å². The SMILES string of the molecule is N[C@@H]1CCC[C@]1(c1ccccc1)[C@@H]1C=C[C@]2(C(=O)O)[C@H]1c1cc(O)c(O[C@]3(O)O[C@H](CO)[C@@H](O)[C@H](O)[C@H]3O)cc1N2C(=O)/C=C/c1ccc(O)c(Cc2[nH]cnc2CCNc2ccc[nH]2)c1. The normalized spacial score (nSPS) is 30.2. The first kappa shape index (κ1) is 44.7. The molecule has 4 aliphatic rings. The van der Waals surface area contributed by atoms with Gasteiger partial charge in [-0.2, -0.15) is 0 Å². The number of carboxylic acid groups (broad SMARTS) is 1. The number of phenols is 2. The van der Waals surface area contributed by atoms with Crippen LogP contribution in [-0.4, -0.2) is 123 Å². The molecule has 66 heavy (non-hydrogen) atoms. The number of aliphatic hydroxyl groups is 5. The van der Waals surface area contributed by atoms with Crippen molar-refractivity contribution >= 4 is 29.5 Å². The average molecular weight is 905 g/mol. The number of aromatic nitrogens is 3. The van der Waals surface area contributed by atoms with E-state index in [9.17, 15) is 50.4 Å². The topological polar surface area (TPSA) is 300 Å². The standard InChI is InChI=1S/C48H52N6O12/c49-38-8-4-16-46(38,28-6-2-1-3-7-28)30-14-17-47(45(62)63)41(30)29-22-35(57)36(65-48(64)44(61)43(60)42(59)37(24-55)66-48)23-33(29)54(47)40(58)13-11-26-10-12-34(56)27(20-26)21-32-31(52-25-53-32)15-19-51-39-9-5-18-50-39/h1-3,5-7,9-14,17-18,20,22-23,25,30,37-38,41-44,50-51,55-57,59-61,64H,4,8,15-16,19,21,24,49H2,(H,52,53)(H,62,63)/b13-11+/t30-,37-,38-,41+,42-,43+,44-,46+,47-,48+/m1/s1. The Morgan fingerprint density at radius 1 is 1.02 bits per heavy atom. The summed E-state index contributed by atoms with van der Waals surface area (Å²) in [4.78, 5) is 40.8. The van der Waals surface area contributed by atoms with E-state index in [-0.39, 0.29) is 23.4 Å². The Kier molecular flexibility index (Phi) is 11.8. The molecule has 1 saturated heterocycles. The first-order valence-corrected chi connectivity index (χ1v) is 21.8. The van der Waals surface area contributed by atoms with E-state index in [1.54, 1.807) is 24.5 Å². The third-order valence-corrected chi connectivity index (χ3v) is 13.8. The molecule has 4 heterocycles. The van der Waals surface area contributed by atoms with E-state index in [2.05, 4.69) is 20.3 Å². The van der Waals surface area contributed by atoms with Crippen molar-refractivity contribution < 1.29 is 59.9 Å². The molecule has 9 rings (SSSR count). The van der Waals surface area contributed by atoms with Gasteiger partial charge in [0.2, 0.25) is 0 Å². The Balaban J connectivity index is 1.09.